The molecular weight excluding hydrogens is 236 g/mol. The zero-order valence-corrected chi connectivity index (χ0v) is 10.8. The summed E-state index contributed by atoms with van der Waals surface area (Å²) in [6.45, 7) is 3.83. The van der Waals surface area contributed by atoms with E-state index < -0.39 is 12.0 Å². The molecule has 1 unspecified atom stereocenters. The maximum Gasteiger partial charge on any atom is 0.317 e. The number of carboxylic acid groups (broad SMARTS) is 1. The third-order valence-electron chi connectivity index (χ3n) is 2.39. The topological polar surface area (TPSA) is 82.8 Å². The molecule has 2 amide bonds. The fourth-order valence-corrected chi connectivity index (χ4v) is 1.51. The van der Waals surface area contributed by atoms with Crippen molar-refractivity contribution in [2.24, 2.45) is 0 Å². The first-order chi connectivity index (χ1) is 8.38. The largest absolute Gasteiger partial charge is 0.481 e. The van der Waals surface area contributed by atoms with Gasteiger partial charge in [-0.1, -0.05) is 0 Å². The van der Waals surface area contributed by atoms with Crippen LogP contribution >= 0.6 is 0 Å². The lowest BCUT2D eigenvalue weighted by molar-refractivity contribution is -0.137. The third kappa shape index (κ3) is 4.48. The van der Waals surface area contributed by atoms with Crippen LogP contribution in [0.5, 0.6) is 0 Å². The fraction of sp³-hybridized carbons (Fsp3) is 0.500. The lowest BCUT2D eigenvalue weighted by Gasteiger charge is -2.19. The molecule has 0 saturated heterocycles. The predicted molar refractivity (Wildman–Crippen MR) is 65.2 cm³/mol. The quantitative estimate of drug-likeness (QED) is 0.836. The van der Waals surface area contributed by atoms with Crippen LogP contribution in [0, 0.1) is 6.92 Å². The lowest BCUT2D eigenvalue weighted by atomic mass is 10.2. The van der Waals surface area contributed by atoms with Gasteiger partial charge >= 0.3 is 12.0 Å². The molecule has 0 fully saturated rings. The Morgan fingerprint density at radius 3 is 2.67 bits per heavy atom. The van der Waals surface area contributed by atoms with Gasteiger partial charge in [0.2, 0.25) is 0 Å². The van der Waals surface area contributed by atoms with Crippen LogP contribution in [0.25, 0.3) is 0 Å². The van der Waals surface area contributed by atoms with Gasteiger partial charge in [0, 0.05) is 13.1 Å². The molecule has 6 nitrogen and oxygen atoms in total. The Morgan fingerprint density at radius 2 is 2.17 bits per heavy atom. The minimum absolute atomic E-state index is 0.0978. The molecule has 1 aromatic heterocycles. The van der Waals surface area contributed by atoms with Crippen LogP contribution in [-0.2, 0) is 11.3 Å². The molecule has 100 valence electrons. The highest BCUT2D eigenvalue weighted by Gasteiger charge is 2.15. The summed E-state index contributed by atoms with van der Waals surface area (Å²) in [5.74, 6) is 0.543. The van der Waals surface area contributed by atoms with Crippen LogP contribution in [0.15, 0.2) is 16.5 Å². The van der Waals surface area contributed by atoms with E-state index in [1.807, 2.05) is 13.0 Å². The van der Waals surface area contributed by atoms with Gasteiger partial charge in [0.25, 0.3) is 0 Å². The number of nitrogens with zero attached hydrogens (tertiary/aromatic N) is 1. The summed E-state index contributed by atoms with van der Waals surface area (Å²) in [7, 11) is 1.63. The highest BCUT2D eigenvalue weighted by Crippen LogP contribution is 2.08. The van der Waals surface area contributed by atoms with E-state index in [1.54, 1.807) is 20.0 Å². The van der Waals surface area contributed by atoms with E-state index in [9.17, 15) is 9.59 Å². The molecule has 0 radical (unpaired) electrons. The third-order valence-corrected chi connectivity index (χ3v) is 2.39. The zero-order valence-electron chi connectivity index (χ0n) is 10.8. The number of hydrogen-bond acceptors (Lipinski definition) is 3. The van der Waals surface area contributed by atoms with Crippen LogP contribution in [-0.4, -0.2) is 35.1 Å². The molecular formula is C12H18N2O4. The summed E-state index contributed by atoms with van der Waals surface area (Å²) < 4.78 is 5.36. The SMILES string of the molecule is Cc1ccc(CN(C)C(=O)NC(C)CC(=O)O)o1. The molecule has 0 saturated carbocycles. The number of amides is 2. The average molecular weight is 254 g/mol. The monoisotopic (exact) mass is 254 g/mol. The van der Waals surface area contributed by atoms with Crippen LogP contribution in [0.1, 0.15) is 24.9 Å². The standard InChI is InChI=1S/C12H18N2O4/c1-8(6-11(15)16)13-12(17)14(3)7-10-5-4-9(2)18-10/h4-5,8H,6-7H2,1-3H3,(H,13,17)(H,15,16). The molecule has 1 aromatic rings. The van der Waals surface area contributed by atoms with Crippen molar-refractivity contribution in [3.63, 3.8) is 0 Å². The number of urea groups is 1. The number of rotatable bonds is 5. The summed E-state index contributed by atoms with van der Waals surface area (Å²) in [5, 5.41) is 11.2. The summed E-state index contributed by atoms with van der Waals surface area (Å²) in [6, 6.07) is 2.90. The molecule has 0 aliphatic heterocycles. The number of aliphatic carboxylic acids is 1. The van der Waals surface area contributed by atoms with Gasteiger partial charge < -0.3 is 19.7 Å². The van der Waals surface area contributed by atoms with Crippen molar-refractivity contribution in [1.82, 2.24) is 10.2 Å². The number of carbonyl (C=O) groups excluding carboxylic acids is 1. The van der Waals surface area contributed by atoms with Gasteiger partial charge in [-0.05, 0) is 26.0 Å². The van der Waals surface area contributed by atoms with Crippen molar-refractivity contribution < 1.29 is 19.1 Å². The van der Waals surface area contributed by atoms with Crippen LogP contribution in [0.2, 0.25) is 0 Å². The van der Waals surface area contributed by atoms with E-state index >= 15 is 0 Å². The summed E-state index contributed by atoms with van der Waals surface area (Å²) in [5.41, 5.74) is 0. The molecule has 0 aromatic carbocycles. The first-order valence-corrected chi connectivity index (χ1v) is 5.67. The van der Waals surface area contributed by atoms with Crippen molar-refractivity contribution in [2.45, 2.75) is 32.9 Å². The van der Waals surface area contributed by atoms with Crippen molar-refractivity contribution in [1.29, 1.82) is 0 Å². The number of carboxylic acids is 1. The van der Waals surface area contributed by atoms with Gasteiger partial charge in [0.15, 0.2) is 0 Å². The lowest BCUT2D eigenvalue weighted by Crippen LogP contribution is -2.42. The highest BCUT2D eigenvalue weighted by atomic mass is 16.4. The average Bonchev–Trinajstić information content (AvgIpc) is 2.62. The summed E-state index contributed by atoms with van der Waals surface area (Å²) in [4.78, 5) is 23.6. The Kier molecular flexibility index (Phi) is 4.76. The zero-order chi connectivity index (χ0) is 13.7. The van der Waals surface area contributed by atoms with E-state index in [0.29, 0.717) is 12.3 Å². The molecule has 1 atom stereocenters. The van der Waals surface area contributed by atoms with Crippen molar-refractivity contribution in [2.75, 3.05) is 7.05 Å². The molecule has 6 heteroatoms. The molecule has 1 rings (SSSR count). The Morgan fingerprint density at radius 1 is 1.50 bits per heavy atom. The van der Waals surface area contributed by atoms with Crippen LogP contribution in [0.4, 0.5) is 4.79 Å². The smallest absolute Gasteiger partial charge is 0.317 e. The van der Waals surface area contributed by atoms with Crippen molar-refractivity contribution >= 4 is 12.0 Å². The van der Waals surface area contributed by atoms with Crippen molar-refractivity contribution in [3.8, 4) is 0 Å². The normalized spacial score (nSPS) is 11.9. The molecule has 0 bridgehead atoms. The minimum atomic E-state index is -0.938. The predicted octanol–water partition coefficient (Wildman–Crippen LogP) is 1.59. The molecule has 1 heterocycles. The van der Waals surface area contributed by atoms with Crippen LogP contribution in [0.3, 0.4) is 0 Å². The van der Waals surface area contributed by atoms with E-state index in [-0.39, 0.29) is 12.5 Å². The van der Waals surface area contributed by atoms with Gasteiger partial charge in [0.05, 0.1) is 13.0 Å². The molecule has 18 heavy (non-hydrogen) atoms. The van der Waals surface area contributed by atoms with E-state index in [1.165, 1.54) is 4.90 Å². The number of furan rings is 1. The second-order valence-electron chi connectivity index (χ2n) is 4.32. The number of carbonyl (C=O) groups is 2. The Hall–Kier alpha value is -1.98. The van der Waals surface area contributed by atoms with Gasteiger partial charge in [-0.25, -0.2) is 4.79 Å². The molecule has 0 aliphatic carbocycles. The van der Waals surface area contributed by atoms with Gasteiger partial charge in [-0.2, -0.15) is 0 Å². The molecule has 0 aliphatic rings. The first-order valence-electron chi connectivity index (χ1n) is 5.67. The fourth-order valence-electron chi connectivity index (χ4n) is 1.51. The van der Waals surface area contributed by atoms with Crippen LogP contribution < -0.4 is 5.32 Å². The number of aryl methyl sites for hydroxylation is 1. The maximum atomic E-state index is 11.7. The summed E-state index contributed by atoms with van der Waals surface area (Å²) >= 11 is 0. The minimum Gasteiger partial charge on any atom is -0.481 e. The second kappa shape index (κ2) is 6.09. The van der Waals surface area contributed by atoms with Gasteiger partial charge in [-0.15, -0.1) is 0 Å². The van der Waals surface area contributed by atoms with E-state index in [2.05, 4.69) is 5.32 Å². The van der Waals surface area contributed by atoms with Gasteiger partial charge in [0.1, 0.15) is 11.5 Å². The second-order valence-corrected chi connectivity index (χ2v) is 4.32. The molecule has 0 spiro atoms. The first kappa shape index (κ1) is 14.1. The van der Waals surface area contributed by atoms with Gasteiger partial charge in [-0.3, -0.25) is 4.79 Å². The molecule has 2 N–H and O–H groups in total. The summed E-state index contributed by atoms with van der Waals surface area (Å²) in [6.07, 6.45) is -0.0978. The Labute approximate surface area is 106 Å². The van der Waals surface area contributed by atoms with E-state index in [4.69, 9.17) is 9.52 Å². The van der Waals surface area contributed by atoms with Crippen molar-refractivity contribution in [3.05, 3.63) is 23.7 Å². The maximum absolute atomic E-state index is 11.7. The Balaban J connectivity index is 2.44. The number of nitrogens with one attached hydrogen (secondary N) is 1. The number of hydrogen-bond donors (Lipinski definition) is 2. The Bertz CT molecular complexity index is 427. The highest BCUT2D eigenvalue weighted by molar-refractivity contribution is 5.75. The van der Waals surface area contributed by atoms with E-state index in [0.717, 1.165) is 5.76 Å².